The van der Waals surface area contributed by atoms with Crippen molar-refractivity contribution in [2.45, 2.75) is 25.2 Å². The molecule has 196 valence electrons. The zero-order valence-corrected chi connectivity index (χ0v) is 21.2. The van der Waals surface area contributed by atoms with Crippen LogP contribution in [0.5, 0.6) is 0 Å². The maximum absolute atomic E-state index is 13.8. The standard InChI is InChI=1S/C29H30FN5O3/c1-32-20-26(36)34-25(35(32)29(38)31-18-22-12-14-24(30)15-13-22)19-33(17-16-21-8-4-2-5-9-21)28(37)27(34)23-10-6-3-7-11-23/h2-15,25,27H,16-20H2,1H3,(H,31,38)/t25-,27-/m0/s1. The highest BCUT2D eigenvalue weighted by Gasteiger charge is 2.51. The number of fused-ring (bicyclic) bond motifs is 1. The van der Waals surface area contributed by atoms with Crippen molar-refractivity contribution in [3.63, 3.8) is 0 Å². The Hall–Kier alpha value is -4.24. The van der Waals surface area contributed by atoms with Gasteiger partial charge in [-0.05, 0) is 35.2 Å². The molecule has 2 aliphatic rings. The van der Waals surface area contributed by atoms with Crippen LogP contribution in [0, 0.1) is 5.82 Å². The molecule has 3 aromatic rings. The van der Waals surface area contributed by atoms with Crippen LogP contribution in [0.25, 0.3) is 0 Å². The van der Waals surface area contributed by atoms with Crippen molar-refractivity contribution < 1.29 is 18.8 Å². The highest BCUT2D eigenvalue weighted by Crippen LogP contribution is 2.34. The van der Waals surface area contributed by atoms with Gasteiger partial charge in [-0.1, -0.05) is 72.8 Å². The van der Waals surface area contributed by atoms with E-state index < -0.39 is 18.2 Å². The smallest absolute Gasteiger partial charge is 0.334 e. The van der Waals surface area contributed by atoms with Gasteiger partial charge in [0.15, 0.2) is 0 Å². The van der Waals surface area contributed by atoms with E-state index in [1.165, 1.54) is 17.1 Å². The van der Waals surface area contributed by atoms with Gasteiger partial charge in [-0.2, -0.15) is 0 Å². The Morgan fingerprint density at radius 1 is 0.921 bits per heavy atom. The van der Waals surface area contributed by atoms with Gasteiger partial charge in [-0.3, -0.25) is 9.59 Å². The number of carbonyl (C=O) groups is 3. The van der Waals surface area contributed by atoms with Crippen LogP contribution in [0.1, 0.15) is 22.7 Å². The summed E-state index contributed by atoms with van der Waals surface area (Å²) >= 11 is 0. The van der Waals surface area contributed by atoms with Crippen LogP contribution in [0.15, 0.2) is 84.9 Å². The average molecular weight is 516 g/mol. The lowest BCUT2D eigenvalue weighted by Crippen LogP contribution is -2.73. The van der Waals surface area contributed by atoms with Gasteiger partial charge in [0.25, 0.3) is 0 Å². The second-order valence-electron chi connectivity index (χ2n) is 9.56. The summed E-state index contributed by atoms with van der Waals surface area (Å²) < 4.78 is 13.3. The van der Waals surface area contributed by atoms with Crippen LogP contribution in [-0.2, 0) is 22.6 Å². The minimum atomic E-state index is -0.834. The lowest BCUT2D eigenvalue weighted by molar-refractivity contribution is -0.187. The molecular formula is C29H30FN5O3. The second-order valence-corrected chi connectivity index (χ2v) is 9.56. The summed E-state index contributed by atoms with van der Waals surface area (Å²) in [5.74, 6) is -0.725. The Morgan fingerprint density at radius 2 is 1.58 bits per heavy atom. The molecular weight excluding hydrogens is 485 g/mol. The summed E-state index contributed by atoms with van der Waals surface area (Å²) in [6, 6.07) is 23.8. The normalized spacial score (nSPS) is 19.9. The molecule has 9 heteroatoms. The fraction of sp³-hybridized carbons (Fsp3) is 0.276. The van der Waals surface area contributed by atoms with E-state index in [4.69, 9.17) is 0 Å². The molecule has 8 nitrogen and oxygen atoms in total. The number of benzene rings is 3. The molecule has 38 heavy (non-hydrogen) atoms. The van der Waals surface area contributed by atoms with E-state index in [9.17, 15) is 18.8 Å². The van der Waals surface area contributed by atoms with Crippen LogP contribution in [0.3, 0.4) is 0 Å². The second kappa shape index (κ2) is 11.0. The van der Waals surface area contributed by atoms with E-state index in [1.54, 1.807) is 34.0 Å². The minimum absolute atomic E-state index is 0.0406. The molecule has 5 rings (SSSR count). The Bertz CT molecular complexity index is 1290. The number of halogens is 1. The number of nitrogens with zero attached hydrogens (tertiary/aromatic N) is 4. The fourth-order valence-corrected chi connectivity index (χ4v) is 5.13. The van der Waals surface area contributed by atoms with E-state index >= 15 is 0 Å². The average Bonchev–Trinajstić information content (AvgIpc) is 2.93. The van der Waals surface area contributed by atoms with Crippen molar-refractivity contribution in [3.8, 4) is 0 Å². The van der Waals surface area contributed by atoms with Crippen LogP contribution < -0.4 is 5.32 Å². The topological polar surface area (TPSA) is 76.2 Å². The summed E-state index contributed by atoms with van der Waals surface area (Å²) in [4.78, 5) is 43.9. The number of hydrogen-bond acceptors (Lipinski definition) is 4. The molecule has 3 aromatic carbocycles. The molecule has 0 spiro atoms. The van der Waals surface area contributed by atoms with Crippen LogP contribution in [0.2, 0.25) is 0 Å². The SMILES string of the molecule is CN1CC(=O)N2[C@@H](c3ccccc3)C(=O)N(CCc3ccccc3)C[C@@H]2N1C(=O)NCc1ccc(F)cc1. The third kappa shape index (κ3) is 5.24. The quantitative estimate of drug-likeness (QED) is 0.547. The molecule has 0 radical (unpaired) electrons. The largest absolute Gasteiger partial charge is 0.336 e. The van der Waals surface area contributed by atoms with Gasteiger partial charge in [0.2, 0.25) is 11.8 Å². The van der Waals surface area contributed by atoms with E-state index in [1.807, 2.05) is 60.7 Å². The van der Waals surface area contributed by atoms with Gasteiger partial charge < -0.3 is 15.1 Å². The molecule has 4 amide bonds. The molecule has 2 fully saturated rings. The lowest BCUT2D eigenvalue weighted by Gasteiger charge is -2.54. The monoisotopic (exact) mass is 515 g/mol. The highest BCUT2D eigenvalue weighted by molar-refractivity contribution is 5.92. The molecule has 2 saturated heterocycles. The fourth-order valence-electron chi connectivity index (χ4n) is 5.13. The van der Waals surface area contributed by atoms with Crippen molar-refractivity contribution in [1.29, 1.82) is 0 Å². The molecule has 0 aliphatic carbocycles. The molecule has 0 saturated carbocycles. The first-order chi connectivity index (χ1) is 18.4. The number of urea groups is 1. The number of likely N-dealkylation sites (N-methyl/N-ethyl adjacent to an activating group) is 1. The molecule has 2 aliphatic heterocycles. The summed E-state index contributed by atoms with van der Waals surface area (Å²) in [6.07, 6.45) is -0.0328. The van der Waals surface area contributed by atoms with E-state index in [-0.39, 0.29) is 37.3 Å². The lowest BCUT2D eigenvalue weighted by atomic mass is 9.98. The Balaban J connectivity index is 1.43. The first kappa shape index (κ1) is 25.4. The Labute approximate surface area is 221 Å². The van der Waals surface area contributed by atoms with Gasteiger partial charge in [0.1, 0.15) is 18.0 Å². The van der Waals surface area contributed by atoms with Gasteiger partial charge in [-0.15, -0.1) is 0 Å². The predicted octanol–water partition coefficient (Wildman–Crippen LogP) is 3.18. The third-order valence-electron chi connectivity index (χ3n) is 7.02. The van der Waals surface area contributed by atoms with Gasteiger partial charge in [0.05, 0.1) is 13.1 Å². The number of piperazine rings is 1. The molecule has 0 bridgehead atoms. The van der Waals surface area contributed by atoms with Crippen molar-refractivity contribution in [3.05, 3.63) is 107 Å². The van der Waals surface area contributed by atoms with Gasteiger partial charge in [0, 0.05) is 20.1 Å². The van der Waals surface area contributed by atoms with E-state index in [0.29, 0.717) is 18.5 Å². The number of hydrazine groups is 1. The first-order valence-electron chi connectivity index (χ1n) is 12.6. The van der Waals surface area contributed by atoms with Crippen LogP contribution >= 0.6 is 0 Å². The van der Waals surface area contributed by atoms with Gasteiger partial charge in [-0.25, -0.2) is 19.2 Å². The van der Waals surface area contributed by atoms with Gasteiger partial charge >= 0.3 is 6.03 Å². The zero-order valence-electron chi connectivity index (χ0n) is 21.2. The maximum Gasteiger partial charge on any atom is 0.334 e. The Kier molecular flexibility index (Phi) is 7.37. The number of amides is 4. The molecule has 2 heterocycles. The number of nitrogens with one attached hydrogen (secondary N) is 1. The summed E-state index contributed by atoms with van der Waals surface area (Å²) in [5, 5.41) is 6.00. The minimum Gasteiger partial charge on any atom is -0.336 e. The Morgan fingerprint density at radius 3 is 2.26 bits per heavy atom. The van der Waals surface area contributed by atoms with Crippen molar-refractivity contribution in [2.75, 3.05) is 26.7 Å². The van der Waals surface area contributed by atoms with Crippen LogP contribution in [0.4, 0.5) is 9.18 Å². The zero-order chi connectivity index (χ0) is 26.6. The predicted molar refractivity (Wildman–Crippen MR) is 140 cm³/mol. The van der Waals surface area contributed by atoms with Crippen molar-refractivity contribution >= 4 is 17.8 Å². The van der Waals surface area contributed by atoms with Crippen molar-refractivity contribution in [1.82, 2.24) is 25.1 Å². The molecule has 0 aromatic heterocycles. The number of rotatable bonds is 6. The summed E-state index contributed by atoms with van der Waals surface area (Å²) in [7, 11) is 1.69. The number of hydrogen-bond donors (Lipinski definition) is 1. The molecule has 1 N–H and O–H groups in total. The molecule has 0 unspecified atom stereocenters. The van der Waals surface area contributed by atoms with Crippen LogP contribution in [-0.4, -0.2) is 70.5 Å². The van der Waals surface area contributed by atoms with E-state index in [0.717, 1.165) is 11.1 Å². The van der Waals surface area contributed by atoms with E-state index in [2.05, 4.69) is 5.32 Å². The summed E-state index contributed by atoms with van der Waals surface area (Å²) in [6.45, 7) is 0.804. The highest BCUT2D eigenvalue weighted by atomic mass is 19.1. The van der Waals surface area contributed by atoms with Crippen molar-refractivity contribution in [2.24, 2.45) is 0 Å². The number of carbonyl (C=O) groups excluding carboxylic acids is 3. The molecule has 2 atom stereocenters. The first-order valence-corrected chi connectivity index (χ1v) is 12.6. The third-order valence-corrected chi connectivity index (χ3v) is 7.02. The maximum atomic E-state index is 13.8. The summed E-state index contributed by atoms with van der Waals surface area (Å²) in [5.41, 5.74) is 2.55.